The highest BCUT2D eigenvalue weighted by Gasteiger charge is 2.35. The molecule has 0 saturated carbocycles. The van der Waals surface area contributed by atoms with Gasteiger partial charge in [-0.15, -0.1) is 0 Å². The predicted octanol–water partition coefficient (Wildman–Crippen LogP) is 6.08. The summed E-state index contributed by atoms with van der Waals surface area (Å²) in [6, 6.07) is 1.24. The van der Waals surface area contributed by atoms with Crippen LogP contribution in [-0.4, -0.2) is 21.6 Å². The van der Waals surface area contributed by atoms with Crippen molar-refractivity contribution >= 4 is 22.8 Å². The predicted molar refractivity (Wildman–Crippen MR) is 130 cm³/mol. The van der Waals surface area contributed by atoms with E-state index >= 15 is 0 Å². The molecule has 0 bridgehead atoms. The lowest BCUT2D eigenvalue weighted by Crippen LogP contribution is -2.32. The maximum Gasteiger partial charge on any atom is 0.336 e. The summed E-state index contributed by atoms with van der Waals surface area (Å²) in [6.45, 7) is 11.6. The summed E-state index contributed by atoms with van der Waals surface area (Å²) in [5.74, 6) is -0.231. The number of allylic oxidation sites excluding steroid dienone is 2. The fourth-order valence-electron chi connectivity index (χ4n) is 4.19. The molecule has 2 aromatic rings. The number of aliphatic hydroxyl groups is 1. The standard InChI is InChI=1S/C27H34O6/c1-7-19(28)18-14-21(30)32-26-22(18)25-17(24(31)23(26)20(29)13-16(4)5)10-12-27(6,33-25)11-8-9-15(2)3/h9-10,12,14,16,19,28,31H,7-8,11,13H2,1-6H3/t19-,27?/m0/s1. The van der Waals surface area contributed by atoms with E-state index in [2.05, 4.69) is 6.08 Å². The Hall–Kier alpha value is -2.86. The van der Waals surface area contributed by atoms with Crippen LogP contribution in [0.5, 0.6) is 11.5 Å². The summed E-state index contributed by atoms with van der Waals surface area (Å²) in [5.41, 5.74) is 0.459. The lowest BCUT2D eigenvalue weighted by atomic mass is 9.88. The van der Waals surface area contributed by atoms with Gasteiger partial charge in [-0.05, 0) is 58.1 Å². The van der Waals surface area contributed by atoms with Gasteiger partial charge in [-0.3, -0.25) is 4.79 Å². The Labute approximate surface area is 194 Å². The van der Waals surface area contributed by atoms with Crippen LogP contribution >= 0.6 is 0 Å². The van der Waals surface area contributed by atoms with Gasteiger partial charge in [0.2, 0.25) is 0 Å². The number of hydrogen-bond donors (Lipinski definition) is 2. The third-order valence-corrected chi connectivity index (χ3v) is 5.93. The van der Waals surface area contributed by atoms with Crippen molar-refractivity contribution in [1.82, 2.24) is 0 Å². The van der Waals surface area contributed by atoms with Gasteiger partial charge in [-0.25, -0.2) is 4.79 Å². The van der Waals surface area contributed by atoms with Crippen molar-refractivity contribution < 1.29 is 24.2 Å². The second-order valence-corrected chi connectivity index (χ2v) is 9.70. The molecule has 6 nitrogen and oxygen atoms in total. The van der Waals surface area contributed by atoms with E-state index in [-0.39, 0.29) is 35.0 Å². The number of carbonyl (C=O) groups is 1. The Kier molecular flexibility index (Phi) is 7.17. The van der Waals surface area contributed by atoms with Crippen LogP contribution in [0.15, 0.2) is 33.0 Å². The number of aliphatic hydroxyl groups excluding tert-OH is 1. The van der Waals surface area contributed by atoms with Crippen molar-refractivity contribution in [1.29, 1.82) is 0 Å². The normalized spacial score (nSPS) is 18.2. The molecule has 1 unspecified atom stereocenters. The Bertz CT molecular complexity index is 1180. The fourth-order valence-corrected chi connectivity index (χ4v) is 4.19. The molecule has 2 atom stereocenters. The van der Waals surface area contributed by atoms with Gasteiger partial charge in [0.25, 0.3) is 0 Å². The van der Waals surface area contributed by atoms with Gasteiger partial charge in [0.1, 0.15) is 22.7 Å². The first kappa shape index (κ1) is 24.8. The molecule has 1 aliphatic heterocycles. The molecule has 178 valence electrons. The van der Waals surface area contributed by atoms with Crippen LogP contribution < -0.4 is 10.4 Å². The van der Waals surface area contributed by atoms with Crippen LogP contribution in [0.1, 0.15) is 94.8 Å². The maximum atomic E-state index is 13.1. The minimum atomic E-state index is -0.954. The van der Waals surface area contributed by atoms with Crippen LogP contribution in [0.2, 0.25) is 0 Å². The quantitative estimate of drug-likeness (QED) is 0.285. The van der Waals surface area contributed by atoms with Crippen molar-refractivity contribution in [2.75, 3.05) is 0 Å². The summed E-state index contributed by atoms with van der Waals surface area (Å²) in [4.78, 5) is 25.5. The minimum absolute atomic E-state index is 0.0335. The van der Waals surface area contributed by atoms with Crippen molar-refractivity contribution in [2.45, 2.75) is 78.9 Å². The largest absolute Gasteiger partial charge is 0.506 e. The maximum absolute atomic E-state index is 13.1. The molecule has 0 radical (unpaired) electrons. The second-order valence-electron chi connectivity index (χ2n) is 9.70. The molecule has 33 heavy (non-hydrogen) atoms. The number of hydrogen-bond acceptors (Lipinski definition) is 6. The van der Waals surface area contributed by atoms with E-state index in [0.29, 0.717) is 35.1 Å². The number of ether oxygens (including phenoxy) is 1. The van der Waals surface area contributed by atoms with Crippen molar-refractivity contribution in [3.8, 4) is 11.5 Å². The van der Waals surface area contributed by atoms with E-state index in [0.717, 1.165) is 6.42 Å². The molecular formula is C27H34O6. The van der Waals surface area contributed by atoms with Gasteiger partial charge in [0, 0.05) is 18.1 Å². The number of aromatic hydroxyl groups is 1. The molecule has 1 aromatic carbocycles. The number of fused-ring (bicyclic) bond motifs is 3. The average Bonchev–Trinajstić information content (AvgIpc) is 2.71. The lowest BCUT2D eigenvalue weighted by Gasteiger charge is -2.33. The fraction of sp³-hybridized carbons (Fsp3) is 0.481. The molecule has 0 spiro atoms. The van der Waals surface area contributed by atoms with E-state index < -0.39 is 17.3 Å². The zero-order valence-electron chi connectivity index (χ0n) is 20.3. The third-order valence-electron chi connectivity index (χ3n) is 5.93. The number of carbonyl (C=O) groups excluding carboxylic acids is 1. The van der Waals surface area contributed by atoms with Crippen LogP contribution in [0, 0.1) is 5.92 Å². The zero-order chi connectivity index (χ0) is 24.5. The van der Waals surface area contributed by atoms with Gasteiger partial charge < -0.3 is 19.4 Å². The van der Waals surface area contributed by atoms with Gasteiger partial charge in [0.05, 0.1) is 17.1 Å². The molecule has 0 fully saturated rings. The summed E-state index contributed by atoms with van der Waals surface area (Å²) < 4.78 is 11.9. The number of Topliss-reactive ketones (excluding diaryl/α,β-unsaturated/α-hetero) is 1. The van der Waals surface area contributed by atoms with E-state index in [1.54, 1.807) is 13.0 Å². The highest BCUT2D eigenvalue weighted by Crippen LogP contribution is 2.48. The zero-order valence-corrected chi connectivity index (χ0v) is 20.3. The number of ketones is 1. The third kappa shape index (κ3) is 5.06. The van der Waals surface area contributed by atoms with Crippen molar-refractivity contribution in [2.24, 2.45) is 5.92 Å². The van der Waals surface area contributed by atoms with Crippen LogP contribution in [0.4, 0.5) is 0 Å². The van der Waals surface area contributed by atoms with Gasteiger partial charge in [-0.1, -0.05) is 32.4 Å². The summed E-state index contributed by atoms with van der Waals surface area (Å²) in [5, 5.41) is 22.2. The van der Waals surface area contributed by atoms with Crippen LogP contribution in [0.25, 0.3) is 17.0 Å². The molecular weight excluding hydrogens is 420 g/mol. The lowest BCUT2D eigenvalue weighted by molar-refractivity contribution is 0.0965. The molecule has 2 heterocycles. The average molecular weight is 455 g/mol. The first-order valence-corrected chi connectivity index (χ1v) is 11.6. The van der Waals surface area contributed by atoms with E-state index in [1.165, 1.54) is 11.6 Å². The summed E-state index contributed by atoms with van der Waals surface area (Å²) >= 11 is 0. The molecule has 3 rings (SSSR count). The summed E-state index contributed by atoms with van der Waals surface area (Å²) in [6.07, 6.45) is 6.84. The smallest absolute Gasteiger partial charge is 0.336 e. The van der Waals surface area contributed by atoms with Gasteiger partial charge in [0.15, 0.2) is 11.4 Å². The van der Waals surface area contributed by atoms with Gasteiger partial charge >= 0.3 is 5.63 Å². The van der Waals surface area contributed by atoms with E-state index in [9.17, 15) is 19.8 Å². The number of benzene rings is 1. The Balaban J connectivity index is 2.32. The molecule has 0 aliphatic carbocycles. The Morgan fingerprint density at radius 1 is 1.27 bits per heavy atom. The van der Waals surface area contributed by atoms with E-state index in [4.69, 9.17) is 9.15 Å². The van der Waals surface area contributed by atoms with Crippen molar-refractivity contribution in [3.05, 3.63) is 50.9 Å². The highest BCUT2D eigenvalue weighted by molar-refractivity contribution is 6.12. The number of rotatable bonds is 8. The molecule has 0 amide bonds. The van der Waals surface area contributed by atoms with Gasteiger partial charge in [-0.2, -0.15) is 0 Å². The van der Waals surface area contributed by atoms with E-state index in [1.807, 2.05) is 40.7 Å². The highest BCUT2D eigenvalue weighted by atomic mass is 16.5. The molecule has 1 aromatic heterocycles. The van der Waals surface area contributed by atoms with Crippen LogP contribution in [0.3, 0.4) is 0 Å². The first-order chi connectivity index (χ1) is 15.5. The first-order valence-electron chi connectivity index (χ1n) is 11.6. The Morgan fingerprint density at radius 2 is 1.97 bits per heavy atom. The molecule has 0 saturated heterocycles. The number of phenolic OH excluding ortho intramolecular Hbond substituents is 1. The number of phenols is 1. The SMILES string of the molecule is CC[C@H](O)c1cc(=O)oc2c(C(=O)CC(C)C)c(O)c3c(c12)OC(C)(CCC=C(C)C)C=C3. The molecule has 2 N–H and O–H groups in total. The Morgan fingerprint density at radius 3 is 2.58 bits per heavy atom. The molecule has 1 aliphatic rings. The second kappa shape index (κ2) is 9.56. The summed E-state index contributed by atoms with van der Waals surface area (Å²) in [7, 11) is 0. The minimum Gasteiger partial charge on any atom is -0.506 e. The topological polar surface area (TPSA) is 97.0 Å². The monoisotopic (exact) mass is 454 g/mol. The molecule has 6 heteroatoms. The van der Waals surface area contributed by atoms with Crippen LogP contribution in [-0.2, 0) is 0 Å². The van der Waals surface area contributed by atoms with Crippen molar-refractivity contribution in [3.63, 3.8) is 0 Å².